The molecular formula is C31H39FN4O8. The first kappa shape index (κ1) is 32.8. The number of Topliss-reactive ketones (excluding diaryl/α,β-unsaturated/α-hetero) is 1. The zero-order valence-corrected chi connectivity index (χ0v) is 25.1. The summed E-state index contributed by atoms with van der Waals surface area (Å²) in [5, 5.41) is 17.7. The highest BCUT2D eigenvalue weighted by molar-refractivity contribution is 5.98. The van der Waals surface area contributed by atoms with E-state index in [9.17, 15) is 28.7 Å². The van der Waals surface area contributed by atoms with Crippen molar-refractivity contribution in [3.8, 4) is 11.5 Å². The third-order valence-electron chi connectivity index (χ3n) is 7.66. The second-order valence-corrected chi connectivity index (χ2v) is 11.2. The SMILES string of the molecule is COc1ccc(CC(NC(=O)C(C)NC(=O)CN2CCOCC2)C(=O)NC(Cc2ccc(O)c(F)c2)C(=O)C2(C)CO2)cc1. The van der Waals surface area contributed by atoms with Crippen molar-refractivity contribution in [2.45, 2.75) is 50.4 Å². The number of hydrogen-bond donors (Lipinski definition) is 4. The lowest BCUT2D eigenvalue weighted by Crippen LogP contribution is -2.57. The summed E-state index contributed by atoms with van der Waals surface area (Å²) in [4.78, 5) is 54.8. The highest BCUT2D eigenvalue weighted by atomic mass is 19.1. The molecule has 2 fully saturated rings. The Balaban J connectivity index is 1.49. The summed E-state index contributed by atoms with van der Waals surface area (Å²) in [7, 11) is 1.53. The van der Waals surface area contributed by atoms with Crippen LogP contribution in [0.1, 0.15) is 25.0 Å². The van der Waals surface area contributed by atoms with Crippen LogP contribution in [0.15, 0.2) is 42.5 Å². The molecule has 2 aliphatic heterocycles. The van der Waals surface area contributed by atoms with Gasteiger partial charge in [-0.05, 0) is 55.7 Å². The van der Waals surface area contributed by atoms with Crippen LogP contribution >= 0.6 is 0 Å². The van der Waals surface area contributed by atoms with Gasteiger partial charge in [0.15, 0.2) is 17.3 Å². The molecule has 0 aromatic heterocycles. The van der Waals surface area contributed by atoms with Gasteiger partial charge in [0.05, 0.1) is 39.5 Å². The minimum atomic E-state index is -1.13. The highest BCUT2D eigenvalue weighted by Crippen LogP contribution is 2.29. The fraction of sp³-hybridized carbons (Fsp3) is 0.484. The maximum Gasteiger partial charge on any atom is 0.243 e. The molecule has 12 nitrogen and oxygen atoms in total. The molecule has 4 rings (SSSR count). The van der Waals surface area contributed by atoms with Gasteiger partial charge in [-0.3, -0.25) is 24.1 Å². The first-order chi connectivity index (χ1) is 21.0. The Morgan fingerprint density at radius 3 is 2.20 bits per heavy atom. The molecule has 4 N–H and O–H groups in total. The predicted octanol–water partition coefficient (Wildman–Crippen LogP) is 0.490. The number of ketones is 1. The van der Waals surface area contributed by atoms with Gasteiger partial charge in [-0.25, -0.2) is 4.39 Å². The molecule has 2 aromatic carbocycles. The van der Waals surface area contributed by atoms with Crippen molar-refractivity contribution in [1.29, 1.82) is 0 Å². The molecule has 3 amide bonds. The van der Waals surface area contributed by atoms with E-state index in [0.29, 0.717) is 43.2 Å². The first-order valence-corrected chi connectivity index (χ1v) is 14.5. The maximum atomic E-state index is 14.1. The maximum absolute atomic E-state index is 14.1. The van der Waals surface area contributed by atoms with Crippen molar-refractivity contribution >= 4 is 23.5 Å². The number of methoxy groups -OCH3 is 1. The summed E-state index contributed by atoms with van der Waals surface area (Å²) in [5.74, 6) is -2.76. The Hall–Kier alpha value is -4.07. The third kappa shape index (κ3) is 8.97. The van der Waals surface area contributed by atoms with Gasteiger partial charge in [0.2, 0.25) is 17.7 Å². The van der Waals surface area contributed by atoms with E-state index in [1.165, 1.54) is 26.2 Å². The summed E-state index contributed by atoms with van der Waals surface area (Å²) in [6, 6.07) is 7.47. The van der Waals surface area contributed by atoms with E-state index in [-0.39, 0.29) is 31.9 Å². The molecule has 13 heteroatoms. The van der Waals surface area contributed by atoms with Gasteiger partial charge in [-0.2, -0.15) is 0 Å². The average molecular weight is 615 g/mol. The zero-order chi connectivity index (χ0) is 31.9. The molecule has 0 spiro atoms. The van der Waals surface area contributed by atoms with Crippen molar-refractivity contribution in [1.82, 2.24) is 20.9 Å². The summed E-state index contributed by atoms with van der Waals surface area (Å²) < 4.78 is 29.9. The van der Waals surface area contributed by atoms with Crippen LogP contribution in [-0.4, -0.2) is 104 Å². The van der Waals surface area contributed by atoms with Crippen molar-refractivity contribution in [2.75, 3.05) is 46.6 Å². The van der Waals surface area contributed by atoms with Crippen LogP contribution < -0.4 is 20.7 Å². The standard InChI is InChI=1S/C31H39FN4O8/c1-19(33-27(38)17-36-10-12-43-13-11-36)29(40)35-25(15-20-4-7-22(42-3)8-5-20)30(41)34-24(28(39)31(2)18-44-31)16-21-6-9-26(37)23(32)14-21/h4-9,14,19,24-25,37H,10-13,15-18H2,1-3H3,(H,33,38)(H,34,41)(H,35,40). The minimum Gasteiger partial charge on any atom is -0.505 e. The number of nitrogens with zero attached hydrogens (tertiary/aromatic N) is 1. The summed E-state index contributed by atoms with van der Waals surface area (Å²) in [5.41, 5.74) is -0.0201. The quantitative estimate of drug-likeness (QED) is 0.222. The van der Waals surface area contributed by atoms with Crippen LogP contribution in [0.2, 0.25) is 0 Å². The topological polar surface area (TPSA) is 159 Å². The number of benzene rings is 2. The molecule has 0 bridgehead atoms. The molecule has 4 unspecified atom stereocenters. The number of nitrogens with one attached hydrogen (secondary N) is 3. The molecule has 2 aliphatic rings. The van der Waals surface area contributed by atoms with Crippen molar-refractivity contribution in [3.05, 3.63) is 59.4 Å². The molecule has 2 aromatic rings. The average Bonchev–Trinajstić information content (AvgIpc) is 3.76. The normalized spacial score (nSPS) is 20.1. The number of epoxide rings is 1. The molecule has 0 radical (unpaired) electrons. The largest absolute Gasteiger partial charge is 0.505 e. The molecule has 44 heavy (non-hydrogen) atoms. The van der Waals surface area contributed by atoms with E-state index in [4.69, 9.17) is 14.2 Å². The minimum absolute atomic E-state index is 0.0680. The molecule has 0 saturated carbocycles. The van der Waals surface area contributed by atoms with Crippen molar-refractivity contribution in [3.63, 3.8) is 0 Å². The van der Waals surface area contributed by atoms with Gasteiger partial charge in [-0.15, -0.1) is 0 Å². The van der Waals surface area contributed by atoms with Gasteiger partial charge in [-0.1, -0.05) is 18.2 Å². The van der Waals surface area contributed by atoms with E-state index >= 15 is 0 Å². The van der Waals surface area contributed by atoms with Gasteiger partial charge in [0.25, 0.3) is 0 Å². The lowest BCUT2D eigenvalue weighted by atomic mass is 9.94. The fourth-order valence-corrected chi connectivity index (χ4v) is 4.83. The van der Waals surface area contributed by atoms with E-state index in [1.54, 1.807) is 31.2 Å². The number of carbonyl (C=O) groups is 4. The van der Waals surface area contributed by atoms with Crippen molar-refractivity contribution in [2.24, 2.45) is 0 Å². The summed E-state index contributed by atoms with van der Waals surface area (Å²) in [6.45, 7) is 5.69. The van der Waals surface area contributed by atoms with Crippen LogP contribution in [0.3, 0.4) is 0 Å². The van der Waals surface area contributed by atoms with Crippen molar-refractivity contribution < 1.29 is 42.9 Å². The number of morpholine rings is 1. The van der Waals surface area contributed by atoms with E-state index < -0.39 is 52.9 Å². The monoisotopic (exact) mass is 614 g/mol. The number of amides is 3. The summed E-state index contributed by atoms with van der Waals surface area (Å²) in [6.07, 6.45) is -0.00352. The van der Waals surface area contributed by atoms with Gasteiger partial charge < -0.3 is 35.3 Å². The number of rotatable bonds is 14. The van der Waals surface area contributed by atoms with Gasteiger partial charge in [0, 0.05) is 19.5 Å². The van der Waals surface area contributed by atoms with Crippen LogP contribution in [0, 0.1) is 5.82 Å². The number of hydrogen-bond acceptors (Lipinski definition) is 9. The molecule has 2 saturated heterocycles. The number of carbonyl (C=O) groups excluding carboxylic acids is 4. The van der Waals surface area contributed by atoms with Gasteiger partial charge >= 0.3 is 0 Å². The Labute approximate surface area is 255 Å². The lowest BCUT2D eigenvalue weighted by Gasteiger charge is -2.27. The predicted molar refractivity (Wildman–Crippen MR) is 157 cm³/mol. The lowest BCUT2D eigenvalue weighted by molar-refractivity contribution is -0.134. The number of aromatic hydroxyl groups is 1. The number of phenolic OH excluding ortho intramolecular Hbond substituents is 1. The second kappa shape index (κ2) is 14.6. The molecular weight excluding hydrogens is 575 g/mol. The molecule has 4 atom stereocenters. The first-order valence-electron chi connectivity index (χ1n) is 14.5. The second-order valence-electron chi connectivity index (χ2n) is 11.2. The van der Waals surface area contributed by atoms with E-state index in [0.717, 1.165) is 6.07 Å². The Bertz CT molecular complexity index is 1340. The van der Waals surface area contributed by atoms with Gasteiger partial charge in [0.1, 0.15) is 23.4 Å². The molecule has 238 valence electrons. The van der Waals surface area contributed by atoms with Crippen LogP contribution in [0.25, 0.3) is 0 Å². The highest BCUT2D eigenvalue weighted by Gasteiger charge is 2.50. The van der Waals surface area contributed by atoms with Crippen LogP contribution in [-0.2, 0) is 41.5 Å². The van der Waals surface area contributed by atoms with E-state index in [2.05, 4.69) is 16.0 Å². The fourth-order valence-electron chi connectivity index (χ4n) is 4.83. The Morgan fingerprint density at radius 1 is 0.977 bits per heavy atom. The van der Waals surface area contributed by atoms with E-state index in [1.807, 2.05) is 4.90 Å². The van der Waals surface area contributed by atoms with Crippen LogP contribution in [0.4, 0.5) is 4.39 Å². The number of ether oxygens (including phenoxy) is 3. The molecule has 2 heterocycles. The van der Waals surface area contributed by atoms with Crippen LogP contribution in [0.5, 0.6) is 11.5 Å². The molecule has 0 aliphatic carbocycles. The zero-order valence-electron chi connectivity index (χ0n) is 25.1. The number of halogens is 1. The smallest absolute Gasteiger partial charge is 0.243 e. The Kier molecular flexibility index (Phi) is 10.9. The number of phenols is 1. The summed E-state index contributed by atoms with van der Waals surface area (Å²) >= 11 is 0. The Morgan fingerprint density at radius 2 is 1.59 bits per heavy atom. The third-order valence-corrected chi connectivity index (χ3v) is 7.66.